The maximum atomic E-state index is 11.9. The van der Waals surface area contributed by atoms with Gasteiger partial charge in [0.1, 0.15) is 5.75 Å². The second-order valence-electron chi connectivity index (χ2n) is 6.38. The average molecular weight is 326 g/mol. The van der Waals surface area contributed by atoms with Gasteiger partial charge in [-0.1, -0.05) is 55.8 Å². The standard InChI is InChI=1S/C20H26N2O2/c1-15(2)14-24-19-9-5-8-18(11-19)13-22-20(23)21-12-17-7-4-6-16(3)10-17/h4-11,15H,12-14H2,1-3H3,(H2,21,22,23). The third kappa shape index (κ3) is 6.32. The lowest BCUT2D eigenvalue weighted by molar-refractivity contribution is 0.240. The average Bonchev–Trinajstić information content (AvgIpc) is 2.57. The van der Waals surface area contributed by atoms with Gasteiger partial charge in [-0.25, -0.2) is 4.79 Å². The highest BCUT2D eigenvalue weighted by Gasteiger charge is 2.03. The van der Waals surface area contributed by atoms with E-state index < -0.39 is 0 Å². The highest BCUT2D eigenvalue weighted by atomic mass is 16.5. The van der Waals surface area contributed by atoms with Gasteiger partial charge in [0.2, 0.25) is 0 Å². The van der Waals surface area contributed by atoms with Gasteiger partial charge >= 0.3 is 6.03 Å². The van der Waals surface area contributed by atoms with Gasteiger partial charge in [-0.3, -0.25) is 0 Å². The molecule has 128 valence electrons. The Morgan fingerprint density at radius 3 is 2.25 bits per heavy atom. The van der Waals surface area contributed by atoms with Crippen LogP contribution in [0.5, 0.6) is 5.75 Å². The third-order valence-corrected chi connectivity index (χ3v) is 3.47. The van der Waals surface area contributed by atoms with Gasteiger partial charge in [0.05, 0.1) is 6.61 Å². The van der Waals surface area contributed by atoms with E-state index in [1.54, 1.807) is 0 Å². The molecule has 0 atom stereocenters. The first-order chi connectivity index (χ1) is 11.5. The van der Waals surface area contributed by atoms with Crippen LogP contribution in [0.2, 0.25) is 0 Å². The molecule has 0 spiro atoms. The van der Waals surface area contributed by atoms with Crippen LogP contribution in [0.4, 0.5) is 4.79 Å². The third-order valence-electron chi connectivity index (χ3n) is 3.47. The number of carbonyl (C=O) groups excluding carboxylic acids is 1. The van der Waals surface area contributed by atoms with E-state index >= 15 is 0 Å². The topological polar surface area (TPSA) is 50.4 Å². The second kappa shape index (κ2) is 8.96. The zero-order valence-electron chi connectivity index (χ0n) is 14.6. The van der Waals surface area contributed by atoms with Crippen molar-refractivity contribution in [3.8, 4) is 5.75 Å². The molecule has 2 aromatic rings. The van der Waals surface area contributed by atoms with E-state index in [1.165, 1.54) is 5.56 Å². The first-order valence-electron chi connectivity index (χ1n) is 8.32. The van der Waals surface area contributed by atoms with Gasteiger partial charge in [-0.05, 0) is 36.1 Å². The molecule has 0 saturated carbocycles. The number of ether oxygens (including phenoxy) is 1. The van der Waals surface area contributed by atoms with Crippen LogP contribution in [0, 0.1) is 12.8 Å². The maximum Gasteiger partial charge on any atom is 0.315 e. The fourth-order valence-corrected chi connectivity index (χ4v) is 2.26. The molecule has 0 aliphatic heterocycles. The zero-order valence-corrected chi connectivity index (χ0v) is 14.6. The van der Waals surface area contributed by atoms with Crippen LogP contribution in [0.1, 0.15) is 30.5 Å². The summed E-state index contributed by atoms with van der Waals surface area (Å²) in [5.74, 6) is 1.32. The van der Waals surface area contributed by atoms with Crippen molar-refractivity contribution in [2.45, 2.75) is 33.9 Å². The number of urea groups is 1. The van der Waals surface area contributed by atoms with E-state index in [-0.39, 0.29) is 6.03 Å². The number of nitrogens with one attached hydrogen (secondary N) is 2. The van der Waals surface area contributed by atoms with E-state index in [4.69, 9.17) is 4.74 Å². The quantitative estimate of drug-likeness (QED) is 0.807. The minimum Gasteiger partial charge on any atom is -0.493 e. The summed E-state index contributed by atoms with van der Waals surface area (Å²) in [6.45, 7) is 7.95. The molecule has 24 heavy (non-hydrogen) atoms. The molecule has 0 aliphatic carbocycles. The summed E-state index contributed by atoms with van der Waals surface area (Å²) in [6, 6.07) is 15.7. The van der Waals surface area contributed by atoms with E-state index in [0.717, 1.165) is 16.9 Å². The second-order valence-corrected chi connectivity index (χ2v) is 6.38. The summed E-state index contributed by atoms with van der Waals surface area (Å²) in [6.07, 6.45) is 0. The molecule has 0 saturated heterocycles. The monoisotopic (exact) mass is 326 g/mol. The van der Waals surface area contributed by atoms with Crippen LogP contribution in [0.25, 0.3) is 0 Å². The van der Waals surface area contributed by atoms with Crippen molar-refractivity contribution in [2.24, 2.45) is 5.92 Å². The van der Waals surface area contributed by atoms with E-state index in [1.807, 2.05) is 49.4 Å². The van der Waals surface area contributed by atoms with Crippen molar-refractivity contribution in [2.75, 3.05) is 6.61 Å². The molecule has 4 heteroatoms. The van der Waals surface area contributed by atoms with E-state index in [2.05, 4.69) is 30.5 Å². The van der Waals surface area contributed by atoms with Crippen molar-refractivity contribution >= 4 is 6.03 Å². The summed E-state index contributed by atoms with van der Waals surface area (Å²) >= 11 is 0. The Bertz CT molecular complexity index is 668. The Balaban J connectivity index is 1.78. The van der Waals surface area contributed by atoms with Crippen molar-refractivity contribution in [1.82, 2.24) is 10.6 Å². The number of hydrogen-bond acceptors (Lipinski definition) is 2. The lowest BCUT2D eigenvalue weighted by atomic mass is 10.1. The lowest BCUT2D eigenvalue weighted by Gasteiger charge is -2.11. The Morgan fingerprint density at radius 1 is 1.00 bits per heavy atom. The van der Waals surface area contributed by atoms with Crippen LogP contribution >= 0.6 is 0 Å². The SMILES string of the molecule is Cc1cccc(CNC(=O)NCc2cccc(OCC(C)C)c2)c1. The molecule has 2 rings (SSSR count). The Morgan fingerprint density at radius 2 is 1.62 bits per heavy atom. The van der Waals surface area contributed by atoms with Crippen LogP contribution in [0.15, 0.2) is 48.5 Å². The molecule has 0 aliphatic rings. The highest BCUT2D eigenvalue weighted by Crippen LogP contribution is 2.14. The molecule has 4 nitrogen and oxygen atoms in total. The first kappa shape index (κ1) is 17.9. The summed E-state index contributed by atoms with van der Waals surface area (Å²) in [5, 5.41) is 5.74. The van der Waals surface area contributed by atoms with Crippen molar-refractivity contribution < 1.29 is 9.53 Å². The van der Waals surface area contributed by atoms with Crippen molar-refractivity contribution in [3.63, 3.8) is 0 Å². The van der Waals surface area contributed by atoms with Gasteiger partial charge in [0.25, 0.3) is 0 Å². The summed E-state index contributed by atoms with van der Waals surface area (Å²) in [7, 11) is 0. The van der Waals surface area contributed by atoms with Crippen LogP contribution in [0.3, 0.4) is 0 Å². The van der Waals surface area contributed by atoms with Crippen molar-refractivity contribution in [1.29, 1.82) is 0 Å². The van der Waals surface area contributed by atoms with Gasteiger partial charge < -0.3 is 15.4 Å². The molecule has 0 unspecified atom stereocenters. The molecular formula is C20H26N2O2. The van der Waals surface area contributed by atoms with E-state index in [0.29, 0.717) is 25.6 Å². The van der Waals surface area contributed by atoms with Crippen LogP contribution in [-0.4, -0.2) is 12.6 Å². The molecule has 0 aromatic heterocycles. The molecule has 2 amide bonds. The number of benzene rings is 2. The number of carbonyl (C=O) groups is 1. The molecule has 0 fully saturated rings. The molecule has 0 bridgehead atoms. The zero-order chi connectivity index (χ0) is 17.4. The summed E-state index contributed by atoms with van der Waals surface area (Å²) < 4.78 is 5.70. The number of hydrogen-bond donors (Lipinski definition) is 2. The minimum absolute atomic E-state index is 0.176. The minimum atomic E-state index is -0.176. The molecule has 2 aromatic carbocycles. The Kier molecular flexibility index (Phi) is 6.67. The van der Waals surface area contributed by atoms with Crippen molar-refractivity contribution in [3.05, 3.63) is 65.2 Å². The van der Waals surface area contributed by atoms with Gasteiger partial charge in [-0.2, -0.15) is 0 Å². The highest BCUT2D eigenvalue weighted by molar-refractivity contribution is 5.73. The predicted octanol–water partition coefficient (Wildman–Crippen LogP) is 4.03. The lowest BCUT2D eigenvalue weighted by Crippen LogP contribution is -2.34. The van der Waals surface area contributed by atoms with Gasteiger partial charge in [0.15, 0.2) is 0 Å². The smallest absolute Gasteiger partial charge is 0.315 e. The molecule has 0 heterocycles. The van der Waals surface area contributed by atoms with Crippen LogP contribution < -0.4 is 15.4 Å². The maximum absolute atomic E-state index is 11.9. The summed E-state index contributed by atoms with van der Waals surface area (Å²) in [5.41, 5.74) is 3.30. The summed E-state index contributed by atoms with van der Waals surface area (Å²) in [4.78, 5) is 11.9. The Labute approximate surface area is 144 Å². The normalized spacial score (nSPS) is 10.5. The first-order valence-corrected chi connectivity index (χ1v) is 8.32. The fourth-order valence-electron chi connectivity index (χ4n) is 2.26. The fraction of sp³-hybridized carbons (Fsp3) is 0.350. The van der Waals surface area contributed by atoms with Gasteiger partial charge in [-0.15, -0.1) is 0 Å². The van der Waals surface area contributed by atoms with Gasteiger partial charge in [0, 0.05) is 13.1 Å². The predicted molar refractivity (Wildman–Crippen MR) is 97.0 cm³/mol. The molecular weight excluding hydrogens is 300 g/mol. The number of rotatable bonds is 7. The van der Waals surface area contributed by atoms with E-state index in [9.17, 15) is 4.79 Å². The van der Waals surface area contributed by atoms with Crippen LogP contribution in [-0.2, 0) is 13.1 Å². The molecule has 0 radical (unpaired) electrons. The largest absolute Gasteiger partial charge is 0.493 e. The number of amides is 2. The Hall–Kier alpha value is -2.49. The number of aryl methyl sites for hydroxylation is 1. The molecule has 2 N–H and O–H groups in total.